The van der Waals surface area contributed by atoms with Crippen LogP contribution in [0.15, 0.2) is 70.7 Å². The molecule has 0 aliphatic heterocycles. The van der Waals surface area contributed by atoms with E-state index in [1.165, 1.54) is 11.8 Å². The number of aromatic nitrogens is 6. The van der Waals surface area contributed by atoms with Gasteiger partial charge in [0.2, 0.25) is 5.16 Å². The first-order chi connectivity index (χ1) is 14.2. The second kappa shape index (κ2) is 7.72. The van der Waals surface area contributed by atoms with Crippen LogP contribution in [0.3, 0.4) is 0 Å². The summed E-state index contributed by atoms with van der Waals surface area (Å²) in [5.41, 5.74) is 1.63. The van der Waals surface area contributed by atoms with Gasteiger partial charge >= 0.3 is 0 Å². The molecule has 5 aromatic rings. The van der Waals surface area contributed by atoms with E-state index in [-0.39, 0.29) is 0 Å². The van der Waals surface area contributed by atoms with E-state index in [9.17, 15) is 0 Å². The van der Waals surface area contributed by atoms with E-state index in [4.69, 9.17) is 23.2 Å². The molecule has 29 heavy (non-hydrogen) atoms. The summed E-state index contributed by atoms with van der Waals surface area (Å²) in [6.07, 6.45) is 5.02. The van der Waals surface area contributed by atoms with Gasteiger partial charge in [-0.05, 0) is 53.5 Å². The van der Waals surface area contributed by atoms with Crippen molar-refractivity contribution in [2.24, 2.45) is 0 Å². The molecule has 0 radical (unpaired) electrons. The van der Waals surface area contributed by atoms with Crippen molar-refractivity contribution in [3.63, 3.8) is 0 Å². The molecule has 6 nitrogen and oxygen atoms in total. The maximum atomic E-state index is 6.28. The minimum atomic E-state index is 0.452. The second-order valence-corrected chi connectivity index (χ2v) is 8.57. The summed E-state index contributed by atoms with van der Waals surface area (Å²) in [6.45, 7) is 0. The third-order valence-corrected chi connectivity index (χ3v) is 6.65. The van der Waals surface area contributed by atoms with E-state index in [1.54, 1.807) is 42.2 Å². The Kier molecular flexibility index (Phi) is 4.92. The number of hydrogen-bond donors (Lipinski definition) is 0. The molecule has 1 aromatic carbocycles. The summed E-state index contributed by atoms with van der Waals surface area (Å²) in [4.78, 5) is 13.9. The summed E-state index contributed by atoms with van der Waals surface area (Å²) < 4.78 is 1.92. The Morgan fingerprint density at radius 2 is 1.93 bits per heavy atom. The van der Waals surface area contributed by atoms with Gasteiger partial charge in [0.1, 0.15) is 16.2 Å². The molecule has 142 valence electrons. The quantitative estimate of drug-likeness (QED) is 0.318. The molecule has 0 aliphatic carbocycles. The van der Waals surface area contributed by atoms with Crippen LogP contribution in [-0.4, -0.2) is 29.7 Å². The first kappa shape index (κ1) is 18.5. The van der Waals surface area contributed by atoms with Crippen molar-refractivity contribution >= 4 is 56.5 Å². The molecule has 0 saturated carbocycles. The lowest BCUT2D eigenvalue weighted by molar-refractivity contribution is 0.883. The average molecular weight is 457 g/mol. The van der Waals surface area contributed by atoms with Crippen LogP contribution in [0.1, 0.15) is 0 Å². The van der Waals surface area contributed by atoms with Gasteiger partial charge in [0.05, 0.1) is 15.7 Å². The van der Waals surface area contributed by atoms with Crippen molar-refractivity contribution in [2.75, 3.05) is 0 Å². The Morgan fingerprint density at radius 3 is 2.76 bits per heavy atom. The minimum Gasteiger partial charge on any atom is -0.270 e. The highest BCUT2D eigenvalue weighted by atomic mass is 35.5. The van der Waals surface area contributed by atoms with Crippen LogP contribution in [-0.2, 0) is 0 Å². The lowest BCUT2D eigenvalue weighted by Gasteiger charge is -2.11. The van der Waals surface area contributed by atoms with Crippen LogP contribution in [0.25, 0.3) is 27.3 Å². The molecule has 0 unspecified atom stereocenters. The van der Waals surface area contributed by atoms with Crippen LogP contribution in [0.2, 0.25) is 10.0 Å². The normalized spacial score (nSPS) is 11.2. The van der Waals surface area contributed by atoms with Gasteiger partial charge < -0.3 is 0 Å². The zero-order valence-corrected chi connectivity index (χ0v) is 17.7. The monoisotopic (exact) mass is 456 g/mol. The van der Waals surface area contributed by atoms with Crippen molar-refractivity contribution in [1.82, 2.24) is 29.7 Å². The maximum Gasteiger partial charge on any atom is 0.202 e. The van der Waals surface area contributed by atoms with Crippen LogP contribution in [0, 0.1) is 0 Å². The molecule has 0 spiro atoms. The zero-order valence-electron chi connectivity index (χ0n) is 14.5. The SMILES string of the molecule is Clc1ccc(-n2c(Sc3ncnc4sccc34)nnc2-c2cccnc2)cc1Cl. The standard InChI is InChI=1S/C19H10Cl2N6S2/c20-14-4-3-12(8-15(14)21)27-16(11-2-1-6-22-9-11)25-26-19(27)29-18-13-5-7-28-17(13)23-10-24-18/h1-10H. The second-order valence-electron chi connectivity index (χ2n) is 5.90. The molecule has 0 fully saturated rings. The molecule has 5 rings (SSSR count). The number of hydrogen-bond acceptors (Lipinski definition) is 7. The predicted octanol–water partition coefficient (Wildman–Crippen LogP) is 5.79. The van der Waals surface area contributed by atoms with E-state index < -0.39 is 0 Å². The molecular formula is C19H10Cl2N6S2. The Morgan fingerprint density at radius 1 is 1.00 bits per heavy atom. The number of nitrogens with zero attached hydrogens (tertiary/aromatic N) is 6. The highest BCUT2D eigenvalue weighted by molar-refractivity contribution is 7.99. The lowest BCUT2D eigenvalue weighted by Crippen LogP contribution is -2.00. The Labute approximate surface area is 183 Å². The van der Waals surface area contributed by atoms with Gasteiger partial charge in [0.25, 0.3) is 0 Å². The van der Waals surface area contributed by atoms with E-state index in [2.05, 4.69) is 25.1 Å². The molecular weight excluding hydrogens is 447 g/mol. The van der Waals surface area contributed by atoms with Gasteiger partial charge in [-0.1, -0.05) is 23.2 Å². The average Bonchev–Trinajstić information content (AvgIpc) is 3.38. The summed E-state index contributed by atoms with van der Waals surface area (Å²) in [5, 5.41) is 14.2. The van der Waals surface area contributed by atoms with Crippen LogP contribution in [0.4, 0.5) is 0 Å². The zero-order chi connectivity index (χ0) is 19.8. The van der Waals surface area contributed by atoms with Gasteiger partial charge in [-0.25, -0.2) is 9.97 Å². The number of thiophene rings is 1. The first-order valence-electron chi connectivity index (χ1n) is 8.38. The van der Waals surface area contributed by atoms with Crippen LogP contribution >= 0.6 is 46.3 Å². The third kappa shape index (κ3) is 3.49. The fraction of sp³-hybridized carbons (Fsp3) is 0. The van der Waals surface area contributed by atoms with Gasteiger partial charge in [-0.15, -0.1) is 21.5 Å². The molecule has 0 aliphatic rings. The smallest absolute Gasteiger partial charge is 0.202 e. The maximum absolute atomic E-state index is 6.28. The lowest BCUT2D eigenvalue weighted by atomic mass is 10.2. The van der Waals surface area contributed by atoms with Gasteiger partial charge in [0.15, 0.2) is 5.82 Å². The van der Waals surface area contributed by atoms with Gasteiger partial charge in [-0.3, -0.25) is 9.55 Å². The number of halogens is 2. The van der Waals surface area contributed by atoms with Crippen molar-refractivity contribution < 1.29 is 0 Å². The minimum absolute atomic E-state index is 0.452. The largest absolute Gasteiger partial charge is 0.270 e. The Balaban J connectivity index is 1.68. The van der Waals surface area contributed by atoms with Gasteiger partial charge in [-0.2, -0.15) is 0 Å². The summed E-state index contributed by atoms with van der Waals surface area (Å²) in [5.74, 6) is 0.648. The van der Waals surface area contributed by atoms with Crippen LogP contribution in [0.5, 0.6) is 0 Å². The van der Waals surface area contributed by atoms with E-state index in [0.717, 1.165) is 26.5 Å². The van der Waals surface area contributed by atoms with E-state index in [1.807, 2.05) is 34.2 Å². The van der Waals surface area contributed by atoms with Crippen molar-refractivity contribution in [3.8, 4) is 17.1 Å². The van der Waals surface area contributed by atoms with Gasteiger partial charge in [0, 0.05) is 23.3 Å². The highest BCUT2D eigenvalue weighted by Gasteiger charge is 2.19. The molecule has 0 saturated heterocycles. The van der Waals surface area contributed by atoms with E-state index >= 15 is 0 Å². The molecule has 0 N–H and O–H groups in total. The number of rotatable bonds is 4. The van der Waals surface area contributed by atoms with Crippen molar-refractivity contribution in [3.05, 3.63) is 70.5 Å². The summed E-state index contributed by atoms with van der Waals surface area (Å²) in [7, 11) is 0. The topological polar surface area (TPSA) is 69.4 Å². The Hall–Kier alpha value is -2.52. The third-order valence-electron chi connectivity index (χ3n) is 4.13. The molecule has 4 aromatic heterocycles. The molecule has 0 atom stereocenters. The fourth-order valence-electron chi connectivity index (χ4n) is 2.81. The van der Waals surface area contributed by atoms with Crippen molar-refractivity contribution in [1.29, 1.82) is 0 Å². The number of pyridine rings is 1. The van der Waals surface area contributed by atoms with E-state index in [0.29, 0.717) is 21.0 Å². The molecule has 4 heterocycles. The van der Waals surface area contributed by atoms with Crippen molar-refractivity contribution in [2.45, 2.75) is 10.2 Å². The highest BCUT2D eigenvalue weighted by Crippen LogP contribution is 2.36. The molecule has 0 bridgehead atoms. The molecule has 0 amide bonds. The first-order valence-corrected chi connectivity index (χ1v) is 10.8. The number of fused-ring (bicyclic) bond motifs is 1. The summed E-state index contributed by atoms with van der Waals surface area (Å²) >= 11 is 15.4. The molecule has 10 heteroatoms. The number of benzene rings is 1. The summed E-state index contributed by atoms with van der Waals surface area (Å²) in [6, 6.07) is 11.2. The fourth-order valence-corrected chi connectivity index (χ4v) is 4.81. The predicted molar refractivity (Wildman–Crippen MR) is 116 cm³/mol. The Bertz CT molecular complexity index is 1320. The van der Waals surface area contributed by atoms with Crippen LogP contribution < -0.4 is 0 Å².